The number of amides is 1. The first-order chi connectivity index (χ1) is 13.1. The van der Waals surface area contributed by atoms with Gasteiger partial charge in [0.05, 0.1) is 11.5 Å². The number of benzene rings is 2. The zero-order valence-electron chi connectivity index (χ0n) is 14.9. The van der Waals surface area contributed by atoms with Gasteiger partial charge < -0.3 is 10.1 Å². The monoisotopic (exact) mass is 386 g/mol. The van der Waals surface area contributed by atoms with Crippen molar-refractivity contribution in [3.63, 3.8) is 0 Å². The lowest BCUT2D eigenvalue weighted by Gasteiger charge is -2.15. The van der Waals surface area contributed by atoms with E-state index in [0.29, 0.717) is 31.8 Å². The van der Waals surface area contributed by atoms with Crippen LogP contribution in [0.3, 0.4) is 0 Å². The zero-order chi connectivity index (χ0) is 18.9. The van der Waals surface area contributed by atoms with Gasteiger partial charge in [-0.15, -0.1) is 0 Å². The smallest absolute Gasteiger partial charge is 0.251 e. The van der Waals surface area contributed by atoms with Crippen LogP contribution in [0.15, 0.2) is 53.4 Å². The molecule has 0 saturated carbocycles. The lowest BCUT2D eigenvalue weighted by Crippen LogP contribution is -2.29. The lowest BCUT2D eigenvalue weighted by atomic mass is 10.0. The Morgan fingerprint density at radius 2 is 1.78 bits per heavy atom. The van der Waals surface area contributed by atoms with Crippen LogP contribution in [0.1, 0.15) is 34.7 Å². The maximum atomic E-state index is 12.5. The molecule has 1 atom stereocenters. The molecule has 2 heterocycles. The van der Waals surface area contributed by atoms with Crippen LogP contribution in [-0.4, -0.2) is 44.9 Å². The van der Waals surface area contributed by atoms with Gasteiger partial charge in [0.15, 0.2) is 0 Å². The van der Waals surface area contributed by atoms with Crippen LogP contribution in [0.25, 0.3) is 0 Å². The molecule has 1 saturated heterocycles. The largest absolute Gasteiger partial charge is 0.493 e. The summed E-state index contributed by atoms with van der Waals surface area (Å²) >= 11 is 0. The standard InChI is InChI=1S/C20H22N2O4S/c23-20(21-13-16-14-26-19-6-2-1-5-18(16)19)15-7-9-17(10-8-15)27(24,25)22-11-3-4-12-22/h1-2,5-10,16H,3-4,11-14H2,(H,21,23)/t16-/m0/s1. The molecule has 2 aliphatic rings. The Kier molecular flexibility index (Phi) is 4.88. The zero-order valence-corrected chi connectivity index (χ0v) is 15.7. The molecule has 4 rings (SSSR count). The van der Waals surface area contributed by atoms with E-state index in [0.717, 1.165) is 24.2 Å². The summed E-state index contributed by atoms with van der Waals surface area (Å²) in [6, 6.07) is 14.0. The molecule has 1 amide bonds. The van der Waals surface area contributed by atoms with Gasteiger partial charge in [-0.05, 0) is 43.2 Å². The van der Waals surface area contributed by atoms with Crippen LogP contribution in [0.2, 0.25) is 0 Å². The Balaban J connectivity index is 1.40. The van der Waals surface area contributed by atoms with E-state index in [9.17, 15) is 13.2 Å². The maximum absolute atomic E-state index is 12.5. The number of para-hydroxylation sites is 1. The molecule has 0 spiro atoms. The summed E-state index contributed by atoms with van der Waals surface area (Å²) in [5, 5.41) is 2.92. The van der Waals surface area contributed by atoms with E-state index >= 15 is 0 Å². The Hall–Kier alpha value is -2.38. The number of rotatable bonds is 5. The third kappa shape index (κ3) is 3.57. The first-order valence-electron chi connectivity index (χ1n) is 9.16. The van der Waals surface area contributed by atoms with Gasteiger partial charge in [-0.2, -0.15) is 4.31 Å². The van der Waals surface area contributed by atoms with Crippen molar-refractivity contribution in [1.82, 2.24) is 9.62 Å². The second-order valence-electron chi connectivity index (χ2n) is 6.89. The van der Waals surface area contributed by atoms with Crippen molar-refractivity contribution in [2.75, 3.05) is 26.2 Å². The number of nitrogens with zero attached hydrogens (tertiary/aromatic N) is 1. The van der Waals surface area contributed by atoms with Crippen molar-refractivity contribution in [3.05, 3.63) is 59.7 Å². The van der Waals surface area contributed by atoms with Gasteiger partial charge in [-0.1, -0.05) is 18.2 Å². The normalized spacial score (nSPS) is 19.5. The van der Waals surface area contributed by atoms with Crippen molar-refractivity contribution in [1.29, 1.82) is 0 Å². The second kappa shape index (κ2) is 7.32. The fourth-order valence-corrected chi connectivity index (χ4v) is 5.09. The molecular weight excluding hydrogens is 364 g/mol. The van der Waals surface area contributed by atoms with Crippen LogP contribution < -0.4 is 10.1 Å². The number of carbonyl (C=O) groups is 1. The molecule has 0 radical (unpaired) electrons. The van der Waals surface area contributed by atoms with Crippen molar-refractivity contribution in [2.45, 2.75) is 23.7 Å². The summed E-state index contributed by atoms with van der Waals surface area (Å²) in [6.45, 7) is 2.15. The highest BCUT2D eigenvalue weighted by Gasteiger charge is 2.27. The number of hydrogen-bond acceptors (Lipinski definition) is 4. The average molecular weight is 386 g/mol. The number of ether oxygens (including phenoxy) is 1. The lowest BCUT2D eigenvalue weighted by molar-refractivity contribution is 0.0950. The molecule has 2 aromatic carbocycles. The minimum Gasteiger partial charge on any atom is -0.493 e. The van der Waals surface area contributed by atoms with Crippen LogP contribution >= 0.6 is 0 Å². The van der Waals surface area contributed by atoms with E-state index in [1.807, 2.05) is 24.3 Å². The summed E-state index contributed by atoms with van der Waals surface area (Å²) < 4.78 is 32.2. The highest BCUT2D eigenvalue weighted by atomic mass is 32.2. The fourth-order valence-electron chi connectivity index (χ4n) is 3.57. The highest BCUT2D eigenvalue weighted by Crippen LogP contribution is 2.32. The Bertz CT molecular complexity index is 935. The van der Waals surface area contributed by atoms with Gasteiger partial charge in [-0.25, -0.2) is 8.42 Å². The molecule has 2 aromatic rings. The third-order valence-corrected chi connectivity index (χ3v) is 7.04. The molecule has 1 N–H and O–H groups in total. The molecular formula is C20H22N2O4S. The van der Waals surface area contributed by atoms with E-state index in [1.54, 1.807) is 12.1 Å². The molecule has 2 aliphatic heterocycles. The number of fused-ring (bicyclic) bond motifs is 1. The first-order valence-corrected chi connectivity index (χ1v) is 10.6. The van der Waals surface area contributed by atoms with Crippen LogP contribution in [-0.2, 0) is 10.0 Å². The molecule has 0 aliphatic carbocycles. The summed E-state index contributed by atoms with van der Waals surface area (Å²) in [4.78, 5) is 12.7. The quantitative estimate of drug-likeness (QED) is 0.856. The van der Waals surface area contributed by atoms with Crippen molar-refractivity contribution < 1.29 is 17.9 Å². The molecule has 0 aromatic heterocycles. The Labute approximate surface area is 159 Å². The van der Waals surface area contributed by atoms with Gasteiger partial charge in [0, 0.05) is 36.7 Å². The summed E-state index contributed by atoms with van der Waals surface area (Å²) in [5.41, 5.74) is 1.55. The Morgan fingerprint density at radius 1 is 1.07 bits per heavy atom. The highest BCUT2D eigenvalue weighted by molar-refractivity contribution is 7.89. The van der Waals surface area contributed by atoms with Gasteiger partial charge in [0.25, 0.3) is 5.91 Å². The number of carbonyl (C=O) groups excluding carboxylic acids is 1. The average Bonchev–Trinajstić information content (AvgIpc) is 3.37. The molecule has 1 fully saturated rings. The summed E-state index contributed by atoms with van der Waals surface area (Å²) in [6.07, 6.45) is 1.79. The predicted octanol–water partition coefficient (Wildman–Crippen LogP) is 2.38. The molecule has 142 valence electrons. The van der Waals surface area contributed by atoms with Gasteiger partial charge in [0.1, 0.15) is 5.75 Å². The second-order valence-corrected chi connectivity index (χ2v) is 8.83. The van der Waals surface area contributed by atoms with Crippen LogP contribution in [0.5, 0.6) is 5.75 Å². The van der Waals surface area contributed by atoms with Gasteiger partial charge in [-0.3, -0.25) is 4.79 Å². The molecule has 27 heavy (non-hydrogen) atoms. The van der Waals surface area contributed by atoms with E-state index in [-0.39, 0.29) is 16.7 Å². The minimum absolute atomic E-state index is 0.125. The molecule has 7 heteroatoms. The van der Waals surface area contributed by atoms with Crippen molar-refractivity contribution >= 4 is 15.9 Å². The van der Waals surface area contributed by atoms with E-state index in [4.69, 9.17) is 4.74 Å². The van der Waals surface area contributed by atoms with E-state index in [1.165, 1.54) is 16.4 Å². The number of sulfonamides is 1. The first kappa shape index (κ1) is 18.0. The SMILES string of the molecule is O=C(NC[C@H]1COc2ccccc21)c1ccc(S(=O)(=O)N2CCCC2)cc1. The molecule has 6 nitrogen and oxygen atoms in total. The van der Waals surface area contributed by atoms with Crippen molar-refractivity contribution in [2.24, 2.45) is 0 Å². The topological polar surface area (TPSA) is 75.7 Å². The van der Waals surface area contributed by atoms with E-state index < -0.39 is 10.0 Å². The number of hydrogen-bond donors (Lipinski definition) is 1. The van der Waals surface area contributed by atoms with Crippen molar-refractivity contribution in [3.8, 4) is 5.75 Å². The number of nitrogens with one attached hydrogen (secondary N) is 1. The third-order valence-electron chi connectivity index (χ3n) is 5.13. The van der Waals surface area contributed by atoms with Gasteiger partial charge in [0.2, 0.25) is 10.0 Å². The molecule has 0 bridgehead atoms. The summed E-state index contributed by atoms with van der Waals surface area (Å²) in [5.74, 6) is 0.776. The van der Waals surface area contributed by atoms with Crippen LogP contribution in [0.4, 0.5) is 0 Å². The Morgan fingerprint density at radius 3 is 2.52 bits per heavy atom. The summed E-state index contributed by atoms with van der Waals surface area (Å²) in [7, 11) is -3.45. The van der Waals surface area contributed by atoms with E-state index in [2.05, 4.69) is 5.32 Å². The minimum atomic E-state index is -3.45. The van der Waals surface area contributed by atoms with Crippen LogP contribution in [0, 0.1) is 0 Å². The van der Waals surface area contributed by atoms with Gasteiger partial charge >= 0.3 is 0 Å². The molecule has 0 unspecified atom stereocenters. The maximum Gasteiger partial charge on any atom is 0.251 e. The predicted molar refractivity (Wildman–Crippen MR) is 101 cm³/mol. The fraction of sp³-hybridized carbons (Fsp3) is 0.350.